The monoisotopic (exact) mass is 271 g/mol. The van der Waals surface area contributed by atoms with Crippen molar-refractivity contribution in [3.05, 3.63) is 5.28 Å². The highest BCUT2D eigenvalue weighted by molar-refractivity contribution is 6.28. The van der Waals surface area contributed by atoms with E-state index in [0.29, 0.717) is 17.8 Å². The van der Waals surface area contributed by atoms with Crippen LogP contribution in [0.4, 0.5) is 11.9 Å². The fourth-order valence-electron chi connectivity index (χ4n) is 2.09. The topological polar surface area (TPSA) is 74.2 Å². The lowest BCUT2D eigenvalue weighted by molar-refractivity contribution is 0.178. The first-order valence-electron chi connectivity index (χ1n) is 6.05. The summed E-state index contributed by atoms with van der Waals surface area (Å²) in [5, 5.41) is 12.8. The van der Waals surface area contributed by atoms with E-state index in [2.05, 4.69) is 20.3 Å². The number of nitrogens with zero attached hydrogens (tertiary/aromatic N) is 4. The standard InChI is InChI=1S/C11H18ClN5O/c1-17(2)11-15-9(12)14-10(16-11)13-6-7-3-4-8(18)5-7/h7-8,18H,3-6H2,1-2H3,(H,13,14,15,16). The molecular formula is C11H18ClN5O. The van der Waals surface area contributed by atoms with Gasteiger partial charge in [0, 0.05) is 20.6 Å². The molecule has 1 fully saturated rings. The third-order valence-electron chi connectivity index (χ3n) is 3.06. The van der Waals surface area contributed by atoms with Crippen LogP contribution in [-0.4, -0.2) is 46.8 Å². The van der Waals surface area contributed by atoms with Crippen LogP contribution in [0.5, 0.6) is 0 Å². The highest BCUT2D eigenvalue weighted by atomic mass is 35.5. The maximum absolute atomic E-state index is 9.46. The van der Waals surface area contributed by atoms with E-state index >= 15 is 0 Å². The first kappa shape index (κ1) is 13.3. The van der Waals surface area contributed by atoms with Crippen molar-refractivity contribution in [3.63, 3.8) is 0 Å². The van der Waals surface area contributed by atoms with Crippen LogP contribution in [-0.2, 0) is 0 Å². The van der Waals surface area contributed by atoms with Crippen molar-refractivity contribution >= 4 is 23.5 Å². The van der Waals surface area contributed by atoms with E-state index in [4.69, 9.17) is 11.6 Å². The number of anilines is 2. The summed E-state index contributed by atoms with van der Waals surface area (Å²) in [4.78, 5) is 14.1. The van der Waals surface area contributed by atoms with E-state index in [1.165, 1.54) is 0 Å². The molecule has 6 nitrogen and oxygen atoms in total. The predicted molar refractivity (Wildman–Crippen MR) is 71.0 cm³/mol. The van der Waals surface area contributed by atoms with Gasteiger partial charge >= 0.3 is 0 Å². The zero-order valence-electron chi connectivity index (χ0n) is 10.6. The Morgan fingerprint density at radius 3 is 2.72 bits per heavy atom. The Kier molecular flexibility index (Phi) is 4.19. The van der Waals surface area contributed by atoms with Crippen molar-refractivity contribution in [3.8, 4) is 0 Å². The van der Waals surface area contributed by atoms with Crippen molar-refractivity contribution in [2.75, 3.05) is 30.9 Å². The van der Waals surface area contributed by atoms with E-state index in [-0.39, 0.29) is 11.4 Å². The van der Waals surface area contributed by atoms with Crippen LogP contribution >= 0.6 is 11.6 Å². The summed E-state index contributed by atoms with van der Waals surface area (Å²) in [5.74, 6) is 1.49. The Labute approximate surface area is 111 Å². The second-order valence-corrected chi connectivity index (χ2v) is 5.17. The number of aromatic nitrogens is 3. The molecule has 18 heavy (non-hydrogen) atoms. The van der Waals surface area contributed by atoms with Crippen molar-refractivity contribution < 1.29 is 5.11 Å². The Bertz CT molecular complexity index is 414. The van der Waals surface area contributed by atoms with Crippen LogP contribution in [0.2, 0.25) is 5.28 Å². The fraction of sp³-hybridized carbons (Fsp3) is 0.727. The number of nitrogens with one attached hydrogen (secondary N) is 1. The predicted octanol–water partition coefficient (Wildman–Crippen LogP) is 1.16. The summed E-state index contributed by atoms with van der Waals surface area (Å²) >= 11 is 5.84. The lowest BCUT2D eigenvalue weighted by atomic mass is 10.1. The van der Waals surface area contributed by atoms with Gasteiger partial charge in [0.1, 0.15) is 0 Å². The molecule has 1 aliphatic rings. The lowest BCUT2D eigenvalue weighted by Gasteiger charge is -2.13. The molecule has 1 heterocycles. The fourth-order valence-corrected chi connectivity index (χ4v) is 2.24. The van der Waals surface area contributed by atoms with E-state index in [0.717, 1.165) is 25.8 Å². The molecule has 0 aromatic carbocycles. The van der Waals surface area contributed by atoms with Gasteiger partial charge in [-0.15, -0.1) is 0 Å². The number of hydrogen-bond donors (Lipinski definition) is 2. The molecule has 1 aliphatic carbocycles. The van der Waals surface area contributed by atoms with E-state index < -0.39 is 0 Å². The smallest absolute Gasteiger partial charge is 0.230 e. The molecule has 2 unspecified atom stereocenters. The Morgan fingerprint density at radius 2 is 2.11 bits per heavy atom. The normalized spacial score (nSPS) is 23.1. The molecule has 7 heteroatoms. The minimum atomic E-state index is -0.156. The molecule has 1 saturated carbocycles. The minimum Gasteiger partial charge on any atom is -0.393 e. The molecule has 2 atom stereocenters. The summed E-state index contributed by atoms with van der Waals surface area (Å²) in [5.41, 5.74) is 0. The summed E-state index contributed by atoms with van der Waals surface area (Å²) in [6.45, 7) is 0.754. The van der Waals surface area contributed by atoms with Gasteiger partial charge in [-0.25, -0.2) is 0 Å². The molecule has 0 bridgehead atoms. The number of aliphatic hydroxyl groups is 1. The maximum atomic E-state index is 9.46. The van der Waals surface area contributed by atoms with Gasteiger partial charge in [-0.2, -0.15) is 15.0 Å². The summed E-state index contributed by atoms with van der Waals surface area (Å²) in [6, 6.07) is 0. The summed E-state index contributed by atoms with van der Waals surface area (Å²) < 4.78 is 0. The van der Waals surface area contributed by atoms with Crippen molar-refractivity contribution in [1.29, 1.82) is 0 Å². The number of rotatable bonds is 4. The Balaban J connectivity index is 1.96. The summed E-state index contributed by atoms with van der Waals surface area (Å²) in [7, 11) is 3.70. The highest BCUT2D eigenvalue weighted by Crippen LogP contribution is 2.25. The molecule has 100 valence electrons. The van der Waals surface area contributed by atoms with E-state index in [9.17, 15) is 5.11 Å². The average molecular weight is 272 g/mol. The zero-order chi connectivity index (χ0) is 13.1. The van der Waals surface area contributed by atoms with Gasteiger partial charge in [0.2, 0.25) is 17.2 Å². The van der Waals surface area contributed by atoms with Crippen LogP contribution in [0.1, 0.15) is 19.3 Å². The van der Waals surface area contributed by atoms with Crippen molar-refractivity contribution in [2.24, 2.45) is 5.92 Å². The first-order valence-corrected chi connectivity index (χ1v) is 6.43. The summed E-state index contributed by atoms with van der Waals surface area (Å²) in [6.07, 6.45) is 2.60. The van der Waals surface area contributed by atoms with Crippen LogP contribution in [0.15, 0.2) is 0 Å². The third kappa shape index (κ3) is 3.43. The quantitative estimate of drug-likeness (QED) is 0.856. The molecule has 0 aliphatic heterocycles. The average Bonchev–Trinajstić information content (AvgIpc) is 2.72. The second kappa shape index (κ2) is 5.67. The molecule has 0 radical (unpaired) electrons. The van der Waals surface area contributed by atoms with Gasteiger partial charge in [-0.3, -0.25) is 0 Å². The molecule has 0 amide bonds. The second-order valence-electron chi connectivity index (χ2n) is 4.84. The molecule has 0 spiro atoms. The van der Waals surface area contributed by atoms with Gasteiger partial charge in [0.05, 0.1) is 6.10 Å². The molecular weight excluding hydrogens is 254 g/mol. The van der Waals surface area contributed by atoms with Gasteiger partial charge in [-0.1, -0.05) is 0 Å². The molecule has 0 saturated heterocycles. The molecule has 2 N–H and O–H groups in total. The first-order chi connectivity index (χ1) is 8.54. The van der Waals surface area contributed by atoms with Crippen molar-refractivity contribution in [1.82, 2.24) is 15.0 Å². The van der Waals surface area contributed by atoms with E-state index in [1.54, 1.807) is 4.90 Å². The van der Waals surface area contributed by atoms with Gasteiger partial charge in [0.15, 0.2) is 0 Å². The Morgan fingerprint density at radius 1 is 1.33 bits per heavy atom. The number of aliphatic hydroxyl groups excluding tert-OH is 1. The number of hydrogen-bond acceptors (Lipinski definition) is 6. The molecule has 2 rings (SSSR count). The van der Waals surface area contributed by atoms with Crippen LogP contribution in [0.25, 0.3) is 0 Å². The SMILES string of the molecule is CN(C)c1nc(Cl)nc(NCC2CCC(O)C2)n1. The maximum Gasteiger partial charge on any atom is 0.230 e. The Hall–Kier alpha value is -1.14. The molecule has 1 aromatic rings. The van der Waals surface area contributed by atoms with Crippen molar-refractivity contribution in [2.45, 2.75) is 25.4 Å². The zero-order valence-corrected chi connectivity index (χ0v) is 11.4. The van der Waals surface area contributed by atoms with Crippen LogP contribution < -0.4 is 10.2 Å². The number of halogens is 1. The van der Waals surface area contributed by atoms with Gasteiger partial charge in [0.25, 0.3) is 0 Å². The third-order valence-corrected chi connectivity index (χ3v) is 3.23. The highest BCUT2D eigenvalue weighted by Gasteiger charge is 2.22. The minimum absolute atomic E-state index is 0.156. The molecule has 1 aromatic heterocycles. The van der Waals surface area contributed by atoms with Gasteiger partial charge < -0.3 is 15.3 Å². The van der Waals surface area contributed by atoms with E-state index in [1.807, 2.05) is 14.1 Å². The van der Waals surface area contributed by atoms with Crippen LogP contribution in [0, 0.1) is 5.92 Å². The lowest BCUT2D eigenvalue weighted by Crippen LogP contribution is -2.18. The van der Waals surface area contributed by atoms with Gasteiger partial charge in [-0.05, 0) is 36.8 Å². The largest absolute Gasteiger partial charge is 0.393 e. The van der Waals surface area contributed by atoms with Crippen LogP contribution in [0.3, 0.4) is 0 Å².